The lowest BCUT2D eigenvalue weighted by molar-refractivity contribution is 0.855. The van der Waals surface area contributed by atoms with E-state index < -0.39 is 11.4 Å². The van der Waals surface area contributed by atoms with Crippen LogP contribution < -0.4 is 11.4 Å². The quantitative estimate of drug-likeness (QED) is 0.530. The summed E-state index contributed by atoms with van der Waals surface area (Å²) in [5, 5.41) is 0. The van der Waals surface area contributed by atoms with Crippen molar-refractivity contribution in [3.8, 4) is 0 Å². The lowest BCUT2D eigenvalue weighted by Gasteiger charge is -1.91. The van der Waals surface area contributed by atoms with Gasteiger partial charge in [0.15, 0.2) is 0 Å². The average molecular weight is 166 g/mol. The Morgan fingerprint density at radius 1 is 1.42 bits per heavy atom. The van der Waals surface area contributed by atoms with Gasteiger partial charge in [0.2, 0.25) is 5.78 Å². The van der Waals surface area contributed by atoms with Crippen LogP contribution >= 0.6 is 0 Å². The van der Waals surface area contributed by atoms with Gasteiger partial charge in [0, 0.05) is 19.4 Å². The Kier molecular flexibility index (Phi) is 1.18. The van der Waals surface area contributed by atoms with Crippen molar-refractivity contribution >= 4 is 5.78 Å². The number of hydrogen-bond donors (Lipinski definition) is 1. The van der Waals surface area contributed by atoms with Crippen LogP contribution in [0.2, 0.25) is 0 Å². The Balaban J connectivity index is 3.13. The first-order valence-corrected chi connectivity index (χ1v) is 3.32. The molecular formula is C6H6N4O2. The lowest BCUT2D eigenvalue weighted by atomic mass is 10.9. The monoisotopic (exact) mass is 166 g/mol. The third-order valence-electron chi connectivity index (χ3n) is 1.60. The van der Waals surface area contributed by atoms with E-state index >= 15 is 0 Å². The molecule has 62 valence electrons. The van der Waals surface area contributed by atoms with Crippen LogP contribution in [-0.2, 0) is 7.05 Å². The van der Waals surface area contributed by atoms with E-state index in [9.17, 15) is 9.59 Å². The molecule has 0 aliphatic rings. The van der Waals surface area contributed by atoms with Gasteiger partial charge < -0.3 is 4.57 Å². The van der Waals surface area contributed by atoms with Gasteiger partial charge in [-0.2, -0.15) is 4.98 Å². The summed E-state index contributed by atoms with van der Waals surface area (Å²) in [6.45, 7) is 0. The van der Waals surface area contributed by atoms with Crippen LogP contribution in [0.3, 0.4) is 0 Å². The largest absolute Gasteiger partial charge is 0.352 e. The highest BCUT2D eigenvalue weighted by Crippen LogP contribution is 1.90. The van der Waals surface area contributed by atoms with Gasteiger partial charge in [-0.25, -0.2) is 14.0 Å². The third kappa shape index (κ3) is 0.777. The summed E-state index contributed by atoms with van der Waals surface area (Å²) >= 11 is 0. The molecule has 0 aliphatic carbocycles. The Morgan fingerprint density at radius 3 is 2.92 bits per heavy atom. The van der Waals surface area contributed by atoms with Gasteiger partial charge in [-0.15, -0.1) is 0 Å². The second kappa shape index (κ2) is 2.07. The highest BCUT2D eigenvalue weighted by Gasteiger charge is 2.01. The molecule has 0 saturated carbocycles. The Labute approximate surface area is 66.1 Å². The van der Waals surface area contributed by atoms with E-state index in [2.05, 4.69) is 9.97 Å². The number of H-pyrrole nitrogens is 1. The molecule has 0 unspecified atom stereocenters. The second-order valence-electron chi connectivity index (χ2n) is 2.43. The van der Waals surface area contributed by atoms with E-state index in [4.69, 9.17) is 0 Å². The second-order valence-corrected chi connectivity index (χ2v) is 2.43. The van der Waals surface area contributed by atoms with Crippen molar-refractivity contribution in [1.82, 2.24) is 18.9 Å². The molecule has 0 saturated heterocycles. The number of aromatic amines is 1. The molecular weight excluding hydrogens is 160 g/mol. The van der Waals surface area contributed by atoms with Crippen molar-refractivity contribution in [3.05, 3.63) is 33.4 Å². The van der Waals surface area contributed by atoms with Gasteiger partial charge in [-0.05, 0) is 0 Å². The Morgan fingerprint density at radius 2 is 2.17 bits per heavy atom. The number of aryl methyl sites for hydroxylation is 1. The molecule has 12 heavy (non-hydrogen) atoms. The van der Waals surface area contributed by atoms with E-state index in [1.807, 2.05) is 0 Å². The number of imidazole rings is 1. The summed E-state index contributed by atoms with van der Waals surface area (Å²) in [6, 6.07) is 0. The Bertz CT molecular complexity index is 532. The first-order chi connectivity index (χ1) is 5.68. The van der Waals surface area contributed by atoms with Crippen molar-refractivity contribution in [1.29, 1.82) is 0 Å². The summed E-state index contributed by atoms with van der Waals surface area (Å²) in [4.78, 5) is 27.5. The summed E-state index contributed by atoms with van der Waals surface area (Å²) in [6.07, 6.45) is 3.19. The minimum absolute atomic E-state index is 0.337. The molecule has 1 N–H and O–H groups in total. The van der Waals surface area contributed by atoms with E-state index in [1.54, 1.807) is 24.0 Å². The molecule has 2 rings (SSSR count). The molecule has 0 aliphatic heterocycles. The summed E-state index contributed by atoms with van der Waals surface area (Å²) in [5.74, 6) is 0.337. The molecule has 0 atom stereocenters. The number of aromatic nitrogens is 4. The first-order valence-electron chi connectivity index (χ1n) is 3.32. The van der Waals surface area contributed by atoms with Gasteiger partial charge in [0.25, 0.3) is 0 Å². The fourth-order valence-corrected chi connectivity index (χ4v) is 1.03. The van der Waals surface area contributed by atoms with Crippen molar-refractivity contribution in [2.24, 2.45) is 7.05 Å². The number of rotatable bonds is 0. The van der Waals surface area contributed by atoms with Crippen LogP contribution in [0.5, 0.6) is 0 Å². The zero-order chi connectivity index (χ0) is 8.72. The highest BCUT2D eigenvalue weighted by molar-refractivity contribution is 5.26. The molecule has 6 heteroatoms. The average Bonchev–Trinajstić information content (AvgIpc) is 2.33. The SMILES string of the molecule is Cn1ccn2c(=O)[nH]c(=O)nc12. The van der Waals surface area contributed by atoms with Crippen LogP contribution in [0.15, 0.2) is 22.0 Å². The summed E-state index contributed by atoms with van der Waals surface area (Å²) in [7, 11) is 1.71. The van der Waals surface area contributed by atoms with E-state index in [1.165, 1.54) is 4.40 Å². The maximum Gasteiger partial charge on any atom is 0.352 e. The van der Waals surface area contributed by atoms with Crippen molar-refractivity contribution in [2.45, 2.75) is 0 Å². The minimum Gasteiger partial charge on any atom is -0.320 e. The fourth-order valence-electron chi connectivity index (χ4n) is 1.03. The molecule has 6 nitrogen and oxygen atoms in total. The zero-order valence-electron chi connectivity index (χ0n) is 6.31. The number of nitrogens with zero attached hydrogens (tertiary/aromatic N) is 3. The molecule has 2 aromatic rings. The third-order valence-corrected chi connectivity index (χ3v) is 1.60. The standard InChI is InChI=1S/C6H6N4O2/c1-9-2-3-10-5(9)7-4(11)8-6(10)12/h2-3H,1H3,(H,8,11,12). The van der Waals surface area contributed by atoms with Gasteiger partial charge in [-0.1, -0.05) is 0 Å². The predicted molar refractivity (Wildman–Crippen MR) is 41.1 cm³/mol. The molecule has 2 aromatic heterocycles. The van der Waals surface area contributed by atoms with Gasteiger partial charge in [0.05, 0.1) is 0 Å². The topological polar surface area (TPSA) is 72.2 Å². The molecule has 0 radical (unpaired) electrons. The fraction of sp³-hybridized carbons (Fsp3) is 0.167. The van der Waals surface area contributed by atoms with Crippen LogP contribution in [0.25, 0.3) is 5.78 Å². The molecule has 0 fully saturated rings. The first kappa shape index (κ1) is 6.84. The van der Waals surface area contributed by atoms with Gasteiger partial charge in [-0.3, -0.25) is 4.98 Å². The lowest BCUT2D eigenvalue weighted by Crippen LogP contribution is -2.27. The van der Waals surface area contributed by atoms with Crippen LogP contribution in [-0.4, -0.2) is 18.9 Å². The normalized spacial score (nSPS) is 10.8. The summed E-state index contributed by atoms with van der Waals surface area (Å²) < 4.78 is 2.86. The van der Waals surface area contributed by atoms with E-state index in [0.29, 0.717) is 5.78 Å². The predicted octanol–water partition coefficient (Wildman–Crippen LogP) is -1.28. The maximum atomic E-state index is 11.1. The van der Waals surface area contributed by atoms with Crippen LogP contribution in [0.4, 0.5) is 0 Å². The minimum atomic E-state index is -0.623. The van der Waals surface area contributed by atoms with Crippen molar-refractivity contribution in [2.75, 3.05) is 0 Å². The number of fused-ring (bicyclic) bond motifs is 1. The number of nitrogens with one attached hydrogen (secondary N) is 1. The molecule has 0 bridgehead atoms. The van der Waals surface area contributed by atoms with Crippen molar-refractivity contribution < 1.29 is 0 Å². The maximum absolute atomic E-state index is 11.1. The highest BCUT2D eigenvalue weighted by atomic mass is 16.2. The molecule has 0 amide bonds. The van der Waals surface area contributed by atoms with E-state index in [-0.39, 0.29) is 0 Å². The number of hydrogen-bond acceptors (Lipinski definition) is 3. The van der Waals surface area contributed by atoms with Crippen LogP contribution in [0.1, 0.15) is 0 Å². The molecule has 2 heterocycles. The zero-order valence-corrected chi connectivity index (χ0v) is 6.31. The molecule has 0 spiro atoms. The van der Waals surface area contributed by atoms with Gasteiger partial charge >= 0.3 is 11.4 Å². The van der Waals surface area contributed by atoms with Gasteiger partial charge in [0.1, 0.15) is 0 Å². The van der Waals surface area contributed by atoms with E-state index in [0.717, 1.165) is 0 Å². The Hall–Kier alpha value is -1.85. The smallest absolute Gasteiger partial charge is 0.320 e. The van der Waals surface area contributed by atoms with Crippen LogP contribution in [0, 0.1) is 0 Å². The summed E-state index contributed by atoms with van der Waals surface area (Å²) in [5.41, 5.74) is -1.09. The molecule has 0 aromatic carbocycles. The van der Waals surface area contributed by atoms with Crippen molar-refractivity contribution in [3.63, 3.8) is 0 Å².